The highest BCUT2D eigenvalue weighted by molar-refractivity contribution is 9.10. The summed E-state index contributed by atoms with van der Waals surface area (Å²) in [6.45, 7) is 0. The molecule has 0 amide bonds. The predicted molar refractivity (Wildman–Crippen MR) is 69.2 cm³/mol. The van der Waals surface area contributed by atoms with Gasteiger partial charge in [-0.1, -0.05) is 6.08 Å². The quantitative estimate of drug-likeness (QED) is 0.902. The molecule has 0 radical (unpaired) electrons. The first-order valence-corrected chi connectivity index (χ1v) is 7.49. The number of benzene rings is 1. The van der Waals surface area contributed by atoms with Crippen LogP contribution in [0.3, 0.4) is 0 Å². The van der Waals surface area contributed by atoms with Gasteiger partial charge in [0.05, 0.1) is 27.5 Å². The molecule has 0 aromatic heterocycles. The first-order valence-electron chi connectivity index (χ1n) is 4.98. The van der Waals surface area contributed by atoms with E-state index in [4.69, 9.17) is 5.26 Å². The van der Waals surface area contributed by atoms with E-state index >= 15 is 0 Å². The van der Waals surface area contributed by atoms with Gasteiger partial charge in [0.25, 0.3) is 0 Å². The van der Waals surface area contributed by atoms with Crippen molar-refractivity contribution >= 4 is 31.5 Å². The van der Waals surface area contributed by atoms with E-state index in [1.807, 2.05) is 6.07 Å². The molecule has 1 unspecified atom stereocenters. The lowest BCUT2D eigenvalue weighted by Crippen LogP contribution is -2.21. The Morgan fingerprint density at radius 1 is 1.50 bits per heavy atom. The van der Waals surface area contributed by atoms with E-state index in [2.05, 4.69) is 21.2 Å². The zero-order valence-corrected chi connectivity index (χ0v) is 11.4. The first-order chi connectivity index (χ1) is 8.43. The molecule has 0 fully saturated rings. The van der Waals surface area contributed by atoms with Crippen molar-refractivity contribution in [1.82, 2.24) is 0 Å². The van der Waals surface area contributed by atoms with E-state index < -0.39 is 21.7 Å². The number of nitrogens with one attached hydrogen (secondary N) is 1. The molecule has 0 saturated heterocycles. The van der Waals surface area contributed by atoms with Gasteiger partial charge in [-0.25, -0.2) is 12.8 Å². The van der Waals surface area contributed by atoms with Crippen LogP contribution in [0.25, 0.3) is 0 Å². The fraction of sp³-hybridized carbons (Fsp3) is 0.182. The van der Waals surface area contributed by atoms with Crippen molar-refractivity contribution in [3.05, 3.63) is 39.5 Å². The third-order valence-electron chi connectivity index (χ3n) is 2.47. The average molecular weight is 331 g/mol. The normalized spacial score (nSPS) is 20.6. The van der Waals surface area contributed by atoms with E-state index in [9.17, 15) is 12.8 Å². The van der Waals surface area contributed by atoms with Gasteiger partial charge in [-0.15, -0.1) is 0 Å². The van der Waals surface area contributed by atoms with Gasteiger partial charge >= 0.3 is 0 Å². The van der Waals surface area contributed by atoms with Crippen LogP contribution in [-0.2, 0) is 9.84 Å². The Morgan fingerprint density at radius 3 is 2.78 bits per heavy atom. The van der Waals surface area contributed by atoms with E-state index in [1.165, 1.54) is 18.2 Å². The summed E-state index contributed by atoms with van der Waals surface area (Å²) in [5.74, 6) is -0.698. The monoisotopic (exact) mass is 330 g/mol. The number of halogens is 2. The molecule has 7 heteroatoms. The van der Waals surface area contributed by atoms with Crippen LogP contribution < -0.4 is 5.32 Å². The highest BCUT2D eigenvalue weighted by Crippen LogP contribution is 2.27. The SMILES string of the molecule is N#Cc1ccc(NC2C=CS(=O)(=O)C2)c(F)c1Br. The second-order valence-corrected chi connectivity index (χ2v) is 6.53. The number of hydrogen-bond acceptors (Lipinski definition) is 4. The maximum Gasteiger partial charge on any atom is 0.173 e. The lowest BCUT2D eigenvalue weighted by molar-refractivity contribution is 0.604. The number of nitriles is 1. The molecular weight excluding hydrogens is 323 g/mol. The van der Waals surface area contributed by atoms with Gasteiger partial charge in [-0.05, 0) is 28.1 Å². The minimum absolute atomic E-state index is 0.0693. The summed E-state index contributed by atoms with van der Waals surface area (Å²) in [5.41, 5.74) is 0.347. The zero-order valence-electron chi connectivity index (χ0n) is 9.02. The molecule has 0 aliphatic carbocycles. The topological polar surface area (TPSA) is 70.0 Å². The Hall–Kier alpha value is -1.39. The fourth-order valence-electron chi connectivity index (χ4n) is 1.61. The van der Waals surface area contributed by atoms with Crippen molar-refractivity contribution < 1.29 is 12.8 Å². The molecule has 4 nitrogen and oxygen atoms in total. The van der Waals surface area contributed by atoms with Crippen LogP contribution >= 0.6 is 15.9 Å². The minimum atomic E-state index is -3.18. The van der Waals surface area contributed by atoms with Crippen molar-refractivity contribution in [3.63, 3.8) is 0 Å². The average Bonchev–Trinajstić information content (AvgIpc) is 2.65. The zero-order chi connectivity index (χ0) is 13.3. The Labute approximate surface area is 112 Å². The number of nitrogens with zero attached hydrogens (tertiary/aromatic N) is 1. The van der Waals surface area contributed by atoms with Gasteiger partial charge in [0.1, 0.15) is 6.07 Å². The van der Waals surface area contributed by atoms with Crippen molar-refractivity contribution in [3.8, 4) is 6.07 Å². The molecule has 0 saturated carbocycles. The second-order valence-electron chi connectivity index (χ2n) is 3.81. The van der Waals surface area contributed by atoms with Crippen LogP contribution in [0.1, 0.15) is 5.56 Å². The second kappa shape index (κ2) is 4.71. The van der Waals surface area contributed by atoms with Gasteiger partial charge in [0.2, 0.25) is 0 Å². The number of anilines is 1. The Bertz CT molecular complexity index is 664. The summed E-state index contributed by atoms with van der Waals surface area (Å²) in [6, 6.07) is 4.27. The van der Waals surface area contributed by atoms with Gasteiger partial charge in [-0.3, -0.25) is 0 Å². The van der Waals surface area contributed by atoms with E-state index in [1.54, 1.807) is 0 Å². The van der Waals surface area contributed by atoms with Crippen LogP contribution in [0.15, 0.2) is 28.1 Å². The van der Waals surface area contributed by atoms with Crippen LogP contribution in [0.2, 0.25) is 0 Å². The van der Waals surface area contributed by atoms with E-state index in [0.29, 0.717) is 0 Å². The summed E-state index contributed by atoms with van der Waals surface area (Å²) < 4.78 is 36.4. The third kappa shape index (κ3) is 2.54. The van der Waals surface area contributed by atoms with E-state index in [-0.39, 0.29) is 21.5 Å². The molecule has 2 rings (SSSR count). The molecule has 1 aromatic rings. The van der Waals surface area contributed by atoms with Gasteiger partial charge in [0.15, 0.2) is 15.7 Å². The Morgan fingerprint density at radius 2 is 2.22 bits per heavy atom. The fourth-order valence-corrected chi connectivity index (χ4v) is 3.28. The maximum atomic E-state index is 13.9. The molecule has 1 atom stereocenters. The van der Waals surface area contributed by atoms with Crippen molar-refractivity contribution in [2.24, 2.45) is 0 Å². The van der Waals surface area contributed by atoms with Crippen LogP contribution in [-0.4, -0.2) is 20.2 Å². The van der Waals surface area contributed by atoms with Crippen LogP contribution in [0, 0.1) is 17.1 Å². The van der Waals surface area contributed by atoms with Gasteiger partial charge in [0, 0.05) is 5.41 Å². The lowest BCUT2D eigenvalue weighted by atomic mass is 10.2. The van der Waals surface area contributed by atoms with E-state index in [0.717, 1.165) is 5.41 Å². The molecule has 0 spiro atoms. The third-order valence-corrected chi connectivity index (χ3v) is 4.64. The standard InChI is InChI=1S/C11H8BrFN2O2S/c12-10-7(5-14)1-2-9(11(10)13)15-8-3-4-18(16,17)6-8/h1-4,8,15H,6H2. The molecule has 1 aliphatic rings. The molecule has 1 aromatic carbocycles. The van der Waals surface area contributed by atoms with Gasteiger partial charge in [-0.2, -0.15) is 5.26 Å². The van der Waals surface area contributed by atoms with Crippen LogP contribution in [0.4, 0.5) is 10.1 Å². The van der Waals surface area contributed by atoms with Gasteiger partial charge < -0.3 is 5.32 Å². The molecule has 94 valence electrons. The summed E-state index contributed by atoms with van der Waals surface area (Å²) in [5, 5.41) is 12.6. The molecule has 1 heterocycles. The lowest BCUT2D eigenvalue weighted by Gasteiger charge is -2.13. The van der Waals surface area contributed by atoms with Crippen molar-refractivity contribution in [2.75, 3.05) is 11.1 Å². The number of sulfone groups is 1. The summed E-state index contributed by atoms with van der Waals surface area (Å²) >= 11 is 2.99. The highest BCUT2D eigenvalue weighted by Gasteiger charge is 2.23. The van der Waals surface area contributed by atoms with Crippen molar-refractivity contribution in [2.45, 2.75) is 6.04 Å². The van der Waals surface area contributed by atoms with Crippen LogP contribution in [0.5, 0.6) is 0 Å². The Kier molecular flexibility index (Phi) is 3.41. The highest BCUT2D eigenvalue weighted by atomic mass is 79.9. The van der Waals surface area contributed by atoms with Crippen molar-refractivity contribution in [1.29, 1.82) is 5.26 Å². The summed E-state index contributed by atoms with van der Waals surface area (Å²) in [7, 11) is -3.18. The predicted octanol–water partition coefficient (Wildman–Crippen LogP) is 2.18. The first kappa shape index (κ1) is 13.1. The molecule has 1 N–H and O–H groups in total. The smallest absolute Gasteiger partial charge is 0.173 e. The minimum Gasteiger partial charge on any atom is -0.375 e. The molecule has 0 bridgehead atoms. The largest absolute Gasteiger partial charge is 0.375 e. The molecule has 18 heavy (non-hydrogen) atoms. The summed E-state index contributed by atoms with van der Waals surface area (Å²) in [4.78, 5) is 0. The number of rotatable bonds is 2. The molecule has 1 aliphatic heterocycles. The molecular formula is C11H8BrFN2O2S. The number of hydrogen-bond donors (Lipinski definition) is 1. The summed E-state index contributed by atoms with van der Waals surface area (Å²) in [6.07, 6.45) is 1.47. The maximum absolute atomic E-state index is 13.9. The Balaban J connectivity index is 2.25.